The van der Waals surface area contributed by atoms with Gasteiger partial charge in [-0.15, -0.1) is 11.6 Å². The molecule has 5 heteroatoms. The Morgan fingerprint density at radius 3 is 2.70 bits per heavy atom. The number of likely N-dealkylation sites (N-methyl/N-ethyl adjacent to an activating group) is 1. The number of hydrogen-bond donors (Lipinski definition) is 1. The molecule has 1 amide bonds. The molecule has 0 heterocycles. The fourth-order valence-electron chi connectivity index (χ4n) is 1.37. The SMILES string of the molecule is CN(C)CCOc1cccc(NC(=O)C(C)(C)CCl)c1. The van der Waals surface area contributed by atoms with Crippen LogP contribution in [0, 0.1) is 5.41 Å². The average Bonchev–Trinajstić information content (AvgIpc) is 2.38. The van der Waals surface area contributed by atoms with Crippen LogP contribution in [-0.2, 0) is 4.79 Å². The summed E-state index contributed by atoms with van der Waals surface area (Å²) in [6, 6.07) is 7.38. The first-order valence-electron chi connectivity index (χ1n) is 6.60. The second-order valence-corrected chi connectivity index (χ2v) is 5.92. The molecule has 20 heavy (non-hydrogen) atoms. The Hall–Kier alpha value is -1.26. The molecule has 1 aromatic rings. The van der Waals surface area contributed by atoms with E-state index in [9.17, 15) is 4.79 Å². The van der Waals surface area contributed by atoms with Crippen molar-refractivity contribution in [2.75, 3.05) is 38.4 Å². The second-order valence-electron chi connectivity index (χ2n) is 5.65. The van der Waals surface area contributed by atoms with Crippen LogP contribution in [0.2, 0.25) is 0 Å². The lowest BCUT2D eigenvalue weighted by atomic mass is 9.95. The highest BCUT2D eigenvalue weighted by Crippen LogP contribution is 2.22. The van der Waals surface area contributed by atoms with E-state index in [0.717, 1.165) is 18.0 Å². The van der Waals surface area contributed by atoms with Gasteiger partial charge in [0, 0.05) is 24.2 Å². The van der Waals surface area contributed by atoms with Gasteiger partial charge in [-0.05, 0) is 40.1 Å². The molecule has 112 valence electrons. The zero-order valence-electron chi connectivity index (χ0n) is 12.6. The summed E-state index contributed by atoms with van der Waals surface area (Å²) in [5.74, 6) is 0.920. The van der Waals surface area contributed by atoms with Crippen LogP contribution in [0.4, 0.5) is 5.69 Å². The summed E-state index contributed by atoms with van der Waals surface area (Å²) in [4.78, 5) is 14.1. The molecule has 0 spiro atoms. The van der Waals surface area contributed by atoms with Gasteiger partial charge in [0.15, 0.2) is 0 Å². The number of rotatable bonds is 7. The van der Waals surface area contributed by atoms with Gasteiger partial charge < -0.3 is 15.0 Å². The lowest BCUT2D eigenvalue weighted by Gasteiger charge is -2.20. The summed E-state index contributed by atoms with van der Waals surface area (Å²) in [5.41, 5.74) is 0.124. The normalized spacial score (nSPS) is 11.5. The Balaban J connectivity index is 2.62. The molecule has 1 rings (SSSR count). The van der Waals surface area contributed by atoms with Gasteiger partial charge in [-0.1, -0.05) is 6.07 Å². The Kier molecular flexibility index (Phi) is 6.30. The van der Waals surface area contributed by atoms with Crippen molar-refractivity contribution in [2.45, 2.75) is 13.8 Å². The number of ether oxygens (including phenoxy) is 1. The quantitative estimate of drug-likeness (QED) is 0.787. The van der Waals surface area contributed by atoms with E-state index in [-0.39, 0.29) is 11.8 Å². The average molecular weight is 299 g/mol. The molecule has 0 saturated heterocycles. The summed E-state index contributed by atoms with van der Waals surface area (Å²) in [5, 5.41) is 2.86. The number of halogens is 1. The topological polar surface area (TPSA) is 41.6 Å². The molecule has 0 aliphatic rings. The molecular weight excluding hydrogens is 276 g/mol. The number of anilines is 1. The molecule has 0 bridgehead atoms. The minimum absolute atomic E-state index is 0.0991. The second kappa shape index (κ2) is 7.50. The lowest BCUT2D eigenvalue weighted by molar-refractivity contribution is -0.122. The van der Waals surface area contributed by atoms with E-state index in [0.29, 0.717) is 6.61 Å². The molecule has 4 nitrogen and oxygen atoms in total. The maximum atomic E-state index is 12.0. The monoisotopic (exact) mass is 298 g/mol. The fraction of sp³-hybridized carbons (Fsp3) is 0.533. The van der Waals surface area contributed by atoms with Crippen molar-refractivity contribution in [3.63, 3.8) is 0 Å². The summed E-state index contributed by atoms with van der Waals surface area (Å²) in [7, 11) is 3.99. The van der Waals surface area contributed by atoms with Crippen molar-refractivity contribution < 1.29 is 9.53 Å². The Morgan fingerprint density at radius 1 is 1.40 bits per heavy atom. The standard InChI is InChI=1S/C15H23ClN2O2/c1-15(2,11-16)14(19)17-12-6-5-7-13(10-12)20-9-8-18(3)4/h5-7,10H,8-9,11H2,1-4H3,(H,17,19). The summed E-state index contributed by atoms with van der Waals surface area (Å²) >= 11 is 5.79. The summed E-state index contributed by atoms with van der Waals surface area (Å²) < 4.78 is 5.63. The van der Waals surface area contributed by atoms with E-state index in [4.69, 9.17) is 16.3 Å². The van der Waals surface area contributed by atoms with E-state index < -0.39 is 5.41 Å². The van der Waals surface area contributed by atoms with Crippen LogP contribution in [0.3, 0.4) is 0 Å². The van der Waals surface area contributed by atoms with E-state index >= 15 is 0 Å². The van der Waals surface area contributed by atoms with Gasteiger partial charge in [-0.25, -0.2) is 0 Å². The van der Waals surface area contributed by atoms with Crippen molar-refractivity contribution in [1.29, 1.82) is 0 Å². The predicted octanol–water partition coefficient (Wildman–Crippen LogP) is 2.83. The number of carbonyl (C=O) groups excluding carboxylic acids is 1. The number of amides is 1. The van der Waals surface area contributed by atoms with Crippen molar-refractivity contribution in [1.82, 2.24) is 4.90 Å². The molecule has 0 radical (unpaired) electrons. The first-order valence-corrected chi connectivity index (χ1v) is 7.13. The highest BCUT2D eigenvalue weighted by molar-refractivity contribution is 6.20. The first kappa shape index (κ1) is 16.8. The van der Waals surface area contributed by atoms with Crippen LogP contribution in [-0.4, -0.2) is 43.9 Å². The smallest absolute Gasteiger partial charge is 0.231 e. The van der Waals surface area contributed by atoms with E-state index in [1.807, 2.05) is 52.2 Å². The van der Waals surface area contributed by atoms with Gasteiger partial charge in [0.25, 0.3) is 0 Å². The highest BCUT2D eigenvalue weighted by Gasteiger charge is 2.26. The largest absolute Gasteiger partial charge is 0.492 e. The van der Waals surface area contributed by atoms with E-state index in [1.165, 1.54) is 0 Å². The molecule has 0 aromatic heterocycles. The molecule has 0 fully saturated rings. The van der Waals surface area contributed by atoms with Gasteiger partial charge in [-0.3, -0.25) is 4.79 Å². The Labute approximate surface area is 126 Å². The molecule has 0 aliphatic heterocycles. The van der Waals surface area contributed by atoms with Crippen LogP contribution >= 0.6 is 11.6 Å². The minimum Gasteiger partial charge on any atom is -0.492 e. The summed E-state index contributed by atoms with van der Waals surface area (Å²) in [6.45, 7) is 5.08. The fourth-order valence-corrected chi connectivity index (χ4v) is 1.49. The highest BCUT2D eigenvalue weighted by atomic mass is 35.5. The number of hydrogen-bond acceptors (Lipinski definition) is 3. The van der Waals surface area contributed by atoms with Crippen LogP contribution in [0.25, 0.3) is 0 Å². The van der Waals surface area contributed by atoms with E-state index in [2.05, 4.69) is 10.2 Å². The third-order valence-electron chi connectivity index (χ3n) is 2.85. The Morgan fingerprint density at radius 2 is 2.10 bits per heavy atom. The molecular formula is C15H23ClN2O2. The van der Waals surface area contributed by atoms with Gasteiger partial charge in [0.2, 0.25) is 5.91 Å². The van der Waals surface area contributed by atoms with Crippen molar-refractivity contribution in [2.24, 2.45) is 5.41 Å². The molecule has 0 unspecified atom stereocenters. The number of nitrogens with one attached hydrogen (secondary N) is 1. The zero-order chi connectivity index (χ0) is 15.2. The molecule has 1 N–H and O–H groups in total. The van der Waals surface area contributed by atoms with Crippen LogP contribution < -0.4 is 10.1 Å². The van der Waals surface area contributed by atoms with Crippen molar-refractivity contribution in [3.8, 4) is 5.75 Å². The third kappa shape index (κ3) is 5.39. The molecule has 0 saturated carbocycles. The first-order chi connectivity index (χ1) is 9.35. The summed E-state index contributed by atoms with van der Waals surface area (Å²) in [6.07, 6.45) is 0. The van der Waals surface area contributed by atoms with Crippen LogP contribution in [0.1, 0.15) is 13.8 Å². The van der Waals surface area contributed by atoms with E-state index in [1.54, 1.807) is 0 Å². The number of nitrogens with zero attached hydrogens (tertiary/aromatic N) is 1. The molecule has 0 aliphatic carbocycles. The van der Waals surface area contributed by atoms with Gasteiger partial charge in [0.05, 0.1) is 5.41 Å². The number of alkyl halides is 1. The zero-order valence-corrected chi connectivity index (χ0v) is 13.3. The lowest BCUT2D eigenvalue weighted by Crippen LogP contribution is -2.32. The van der Waals surface area contributed by atoms with Crippen molar-refractivity contribution in [3.05, 3.63) is 24.3 Å². The predicted molar refractivity (Wildman–Crippen MR) is 83.6 cm³/mol. The van der Waals surface area contributed by atoms with Gasteiger partial charge >= 0.3 is 0 Å². The van der Waals surface area contributed by atoms with Crippen molar-refractivity contribution >= 4 is 23.2 Å². The Bertz CT molecular complexity index is 447. The maximum Gasteiger partial charge on any atom is 0.231 e. The van der Waals surface area contributed by atoms with Crippen LogP contribution in [0.15, 0.2) is 24.3 Å². The third-order valence-corrected chi connectivity index (χ3v) is 3.52. The van der Waals surface area contributed by atoms with Gasteiger partial charge in [0.1, 0.15) is 12.4 Å². The molecule has 1 aromatic carbocycles. The number of carbonyl (C=O) groups is 1. The van der Waals surface area contributed by atoms with Crippen LogP contribution in [0.5, 0.6) is 5.75 Å². The number of benzene rings is 1. The van der Waals surface area contributed by atoms with Gasteiger partial charge in [-0.2, -0.15) is 0 Å². The minimum atomic E-state index is -0.594. The maximum absolute atomic E-state index is 12.0. The molecule has 0 atom stereocenters.